The number of sulfonamides is 2. The minimum Gasteiger partial charge on any atom is -0.756 e. The van der Waals surface area contributed by atoms with Crippen LogP contribution in [0, 0.1) is 0 Å². The van der Waals surface area contributed by atoms with E-state index in [4.69, 9.17) is 0 Å². The molecule has 0 unspecified atom stereocenters. The third kappa shape index (κ3) is 9.18. The molecule has 0 amide bonds. The van der Waals surface area contributed by atoms with E-state index < -0.39 is 146 Å². The molecule has 0 spiro atoms. The number of alkyl halides is 26. The topological polar surface area (TPSA) is 170 Å². The van der Waals surface area contributed by atoms with Crippen LogP contribution in [0.15, 0.2) is 0 Å². The summed E-state index contributed by atoms with van der Waals surface area (Å²) in [6.07, 6.45) is -15.8. The van der Waals surface area contributed by atoms with Crippen molar-refractivity contribution in [3.8, 4) is 0 Å². The fraction of sp³-hybridized carbons (Fsp3) is 1.00. The monoisotopic (exact) mass is 1020 g/mol. The molecule has 0 saturated heterocycles. The molecule has 0 radical (unpaired) electrons. The third-order valence-corrected chi connectivity index (χ3v) is 12.1. The predicted octanol–water partition coefficient (Wildman–Crippen LogP) is 7.56. The first-order valence-electron chi connectivity index (χ1n) is 13.8. The molecular formula is C20H22F26N3O8PS2. The van der Waals surface area contributed by atoms with Gasteiger partial charge in [-0.1, -0.05) is 13.8 Å². The molecule has 0 aliphatic heterocycles. The Morgan fingerprint density at radius 1 is 0.433 bits per heavy atom. The largest absolute Gasteiger partial charge is 0.756 e. The van der Waals surface area contributed by atoms with Crippen LogP contribution < -0.4 is 11.0 Å². The fourth-order valence-corrected chi connectivity index (χ4v) is 7.15. The molecule has 60 heavy (non-hydrogen) atoms. The smallest absolute Gasteiger partial charge is 0.460 e. The van der Waals surface area contributed by atoms with Gasteiger partial charge in [0.2, 0.25) is 0 Å². The minimum atomic E-state index is -8.61. The van der Waals surface area contributed by atoms with Crippen molar-refractivity contribution in [2.45, 2.75) is 84.1 Å². The maximum atomic E-state index is 14.3. The fourth-order valence-electron chi connectivity index (χ4n) is 3.60. The van der Waals surface area contributed by atoms with Crippen molar-refractivity contribution in [1.82, 2.24) is 14.8 Å². The summed E-state index contributed by atoms with van der Waals surface area (Å²) in [5.74, 6) is -67.7. The van der Waals surface area contributed by atoms with Gasteiger partial charge in [0.15, 0.2) is 0 Å². The van der Waals surface area contributed by atoms with Gasteiger partial charge in [0.25, 0.3) is 27.9 Å². The molecule has 0 aliphatic carbocycles. The van der Waals surface area contributed by atoms with E-state index in [9.17, 15) is 140 Å². The molecule has 0 atom stereocenters. The van der Waals surface area contributed by atoms with E-state index in [0.29, 0.717) is 0 Å². The molecule has 40 heteroatoms. The van der Waals surface area contributed by atoms with Crippen LogP contribution >= 0.6 is 7.82 Å². The van der Waals surface area contributed by atoms with Crippen molar-refractivity contribution in [2.24, 2.45) is 0 Å². The molecule has 4 N–H and O–H groups in total. The lowest BCUT2D eigenvalue weighted by Crippen LogP contribution is -2.71. The van der Waals surface area contributed by atoms with Crippen molar-refractivity contribution in [3.05, 3.63) is 0 Å². The van der Waals surface area contributed by atoms with Gasteiger partial charge in [0, 0.05) is 26.2 Å². The van der Waals surface area contributed by atoms with Gasteiger partial charge in [-0.15, -0.1) is 0 Å². The Kier molecular flexibility index (Phi) is 17.3. The van der Waals surface area contributed by atoms with Gasteiger partial charge >= 0.3 is 70.2 Å². The van der Waals surface area contributed by atoms with E-state index in [1.54, 1.807) is 0 Å². The van der Waals surface area contributed by atoms with Crippen LogP contribution in [0.4, 0.5) is 114 Å². The van der Waals surface area contributed by atoms with Gasteiger partial charge in [-0.3, -0.25) is 4.57 Å². The van der Waals surface area contributed by atoms with E-state index in [0.717, 1.165) is 0 Å². The maximum absolute atomic E-state index is 14.3. The first kappa shape index (κ1) is 60.2. The summed E-state index contributed by atoms with van der Waals surface area (Å²) in [6.45, 7) is -11.8. The molecule has 0 fully saturated rings. The molecule has 0 aromatic carbocycles. The molecule has 364 valence electrons. The van der Waals surface area contributed by atoms with E-state index in [-0.39, 0.29) is 20.0 Å². The molecule has 0 aliphatic rings. The van der Waals surface area contributed by atoms with Gasteiger partial charge in [-0.25, -0.2) is 16.8 Å². The standard InChI is InChI=1S/C20H19F26N2O8PS2.H3N/c1-3-47(58(51,52)19(43,44)15(33,34)11(25,26)9(21,22)13(29,30)17(37,38)39)5-7-55-57(49,50)56-8-6-48(4-2)59(53,54)20(45,46)16(35,36)12(27,28)10(23,24)14(31,32)18(40,41)42;/h3-8H2,1-2H3,(H,49,50);1H3. The van der Waals surface area contributed by atoms with Crippen LogP contribution in [0.1, 0.15) is 13.8 Å². The van der Waals surface area contributed by atoms with E-state index in [1.165, 1.54) is 0 Å². The molecular weight excluding hydrogens is 999 g/mol. The highest BCUT2D eigenvalue weighted by molar-refractivity contribution is 7.90. The van der Waals surface area contributed by atoms with Gasteiger partial charge in [-0.2, -0.15) is 123 Å². The van der Waals surface area contributed by atoms with Crippen molar-refractivity contribution in [3.63, 3.8) is 0 Å². The van der Waals surface area contributed by atoms with Gasteiger partial charge in [0.1, 0.15) is 0 Å². The Hall–Kier alpha value is -1.93. The minimum absolute atomic E-state index is 0. The van der Waals surface area contributed by atoms with Gasteiger partial charge in [0.05, 0.1) is 13.2 Å². The van der Waals surface area contributed by atoms with Gasteiger partial charge < -0.3 is 20.1 Å². The van der Waals surface area contributed by atoms with Gasteiger partial charge in [-0.05, 0) is 0 Å². The lowest BCUT2D eigenvalue weighted by atomic mass is 9.98. The Labute approximate surface area is 316 Å². The Bertz CT molecular complexity index is 1630. The first-order chi connectivity index (χ1) is 25.3. The SMILES string of the molecule is CCN(CCOP(=O)([O-])OCCN(CC)S(=O)(=O)C(F)(F)C(F)(F)C(F)(F)C(F)(F)C(F)(F)C(F)(F)F)S(=O)(=O)C(F)(F)C(F)(F)C(F)(F)C(F)(F)C(F)(F)C(F)(F)F.[NH4+]. The molecule has 0 aromatic heterocycles. The summed E-state index contributed by atoms with van der Waals surface area (Å²) in [4.78, 5) is 11.8. The molecule has 0 rings (SSSR count). The molecule has 0 aromatic rings. The number of hydrogen-bond acceptors (Lipinski definition) is 8. The third-order valence-electron chi connectivity index (χ3n) is 7.02. The Morgan fingerprint density at radius 2 is 0.633 bits per heavy atom. The Morgan fingerprint density at radius 3 is 0.817 bits per heavy atom. The second kappa shape index (κ2) is 17.2. The van der Waals surface area contributed by atoms with Crippen LogP contribution in [0.25, 0.3) is 0 Å². The van der Waals surface area contributed by atoms with Crippen molar-refractivity contribution >= 4 is 27.9 Å². The first-order valence-corrected chi connectivity index (χ1v) is 18.2. The molecule has 11 nitrogen and oxygen atoms in total. The average molecular weight is 1020 g/mol. The predicted molar refractivity (Wildman–Crippen MR) is 139 cm³/mol. The van der Waals surface area contributed by atoms with E-state index >= 15 is 0 Å². The number of likely N-dealkylation sites (N-methyl/N-ethyl adjacent to an activating group) is 2. The van der Waals surface area contributed by atoms with E-state index in [1.807, 2.05) is 0 Å². The number of quaternary nitrogens is 1. The number of phosphoric acid groups is 1. The summed E-state index contributed by atoms with van der Waals surface area (Å²) < 4.78 is 413. The summed E-state index contributed by atoms with van der Waals surface area (Å²) in [5.41, 5.74) is 0. The van der Waals surface area contributed by atoms with Crippen LogP contribution in [0.5, 0.6) is 0 Å². The van der Waals surface area contributed by atoms with Crippen LogP contribution in [-0.2, 0) is 33.7 Å². The zero-order valence-electron chi connectivity index (χ0n) is 28.5. The summed E-state index contributed by atoms with van der Waals surface area (Å²) >= 11 is 0. The summed E-state index contributed by atoms with van der Waals surface area (Å²) in [5, 5.41) is -15.6. The highest BCUT2D eigenvalue weighted by atomic mass is 32.2. The molecule has 0 saturated carbocycles. The molecule has 0 heterocycles. The Balaban J connectivity index is 0. The maximum Gasteiger partial charge on any atom is 0.460 e. The lowest BCUT2D eigenvalue weighted by molar-refractivity contribution is -0.433. The van der Waals surface area contributed by atoms with Crippen LogP contribution in [-0.4, -0.2) is 135 Å². The normalized spacial score (nSPS) is 16.1. The zero-order chi connectivity index (χ0) is 48.3. The van der Waals surface area contributed by atoms with Crippen molar-refractivity contribution < 1.29 is 149 Å². The summed E-state index contributed by atoms with van der Waals surface area (Å²) in [7, 11) is -22.0. The van der Waals surface area contributed by atoms with Crippen LogP contribution in [0.2, 0.25) is 0 Å². The highest BCUT2D eigenvalue weighted by Crippen LogP contribution is 2.63. The highest BCUT2D eigenvalue weighted by Gasteiger charge is 2.94. The number of nitrogens with zero attached hydrogens (tertiary/aromatic N) is 2. The zero-order valence-corrected chi connectivity index (χ0v) is 31.0. The number of rotatable bonds is 22. The number of halogens is 26. The van der Waals surface area contributed by atoms with Crippen molar-refractivity contribution in [1.29, 1.82) is 0 Å². The summed E-state index contributed by atoms with van der Waals surface area (Å²) in [6, 6.07) is 0. The van der Waals surface area contributed by atoms with E-state index in [2.05, 4.69) is 9.05 Å². The lowest BCUT2D eigenvalue weighted by Gasteiger charge is -2.40. The second-order valence-electron chi connectivity index (χ2n) is 10.7. The average Bonchev–Trinajstić information content (AvgIpc) is 3.02. The quantitative estimate of drug-likeness (QED) is 0.0856. The second-order valence-corrected chi connectivity index (χ2v) is 16.1. The van der Waals surface area contributed by atoms with Crippen LogP contribution in [0.3, 0.4) is 0 Å². The number of phosphoric ester groups is 1. The molecule has 0 bridgehead atoms. The van der Waals surface area contributed by atoms with Crippen molar-refractivity contribution in [2.75, 3.05) is 39.4 Å². The number of hydrogen-bond donors (Lipinski definition) is 1.